The zero-order valence-corrected chi connectivity index (χ0v) is 7.92. The fourth-order valence-electron chi connectivity index (χ4n) is 1.78. The third-order valence-corrected chi connectivity index (χ3v) is 2.66. The Labute approximate surface area is 77.7 Å². The van der Waals surface area contributed by atoms with Gasteiger partial charge < -0.3 is 5.32 Å². The summed E-state index contributed by atoms with van der Waals surface area (Å²) in [4.78, 5) is 0. The standard InChI is InChI=1S/C9H15N3O/c1-7-9(12-13-11-7)6-10-8-4-2-3-5-8/h8,10H,2-6H2,1H3. The van der Waals surface area contributed by atoms with Crippen LogP contribution < -0.4 is 5.32 Å². The van der Waals surface area contributed by atoms with Gasteiger partial charge in [-0.15, -0.1) is 0 Å². The first-order valence-corrected chi connectivity index (χ1v) is 4.87. The molecule has 0 aliphatic heterocycles. The molecule has 0 radical (unpaired) electrons. The Morgan fingerprint density at radius 1 is 1.38 bits per heavy atom. The minimum atomic E-state index is 0.677. The van der Waals surface area contributed by atoms with E-state index in [1.807, 2.05) is 6.92 Å². The molecule has 1 aliphatic rings. The third kappa shape index (κ3) is 2.06. The number of rotatable bonds is 3. The summed E-state index contributed by atoms with van der Waals surface area (Å²) in [5.74, 6) is 0. The van der Waals surface area contributed by atoms with Crippen LogP contribution in [0.1, 0.15) is 37.1 Å². The maximum atomic E-state index is 4.62. The fraction of sp³-hybridized carbons (Fsp3) is 0.778. The van der Waals surface area contributed by atoms with Gasteiger partial charge in [0.15, 0.2) is 0 Å². The van der Waals surface area contributed by atoms with Gasteiger partial charge in [0.25, 0.3) is 0 Å². The highest BCUT2D eigenvalue weighted by molar-refractivity contribution is 5.04. The van der Waals surface area contributed by atoms with Crippen LogP contribution in [0, 0.1) is 6.92 Å². The average Bonchev–Trinajstić information content (AvgIpc) is 2.72. The lowest BCUT2D eigenvalue weighted by atomic mass is 10.2. The van der Waals surface area contributed by atoms with Crippen molar-refractivity contribution in [2.45, 2.75) is 45.2 Å². The second-order valence-corrected chi connectivity index (χ2v) is 3.66. The molecule has 1 aromatic rings. The summed E-state index contributed by atoms with van der Waals surface area (Å²) in [6.45, 7) is 2.71. The van der Waals surface area contributed by atoms with Crippen molar-refractivity contribution in [3.05, 3.63) is 11.4 Å². The summed E-state index contributed by atoms with van der Waals surface area (Å²) in [6, 6.07) is 0.677. The van der Waals surface area contributed by atoms with E-state index in [2.05, 4.69) is 20.3 Å². The van der Waals surface area contributed by atoms with Crippen LogP contribution in [0.2, 0.25) is 0 Å². The molecule has 72 valence electrons. The zero-order chi connectivity index (χ0) is 9.10. The van der Waals surface area contributed by atoms with Gasteiger partial charge in [0.05, 0.1) is 0 Å². The van der Waals surface area contributed by atoms with E-state index in [-0.39, 0.29) is 0 Å². The van der Waals surface area contributed by atoms with E-state index in [0.717, 1.165) is 17.9 Å². The van der Waals surface area contributed by atoms with Crippen LogP contribution in [-0.2, 0) is 6.54 Å². The van der Waals surface area contributed by atoms with Gasteiger partial charge in [-0.2, -0.15) is 0 Å². The molecule has 0 aromatic carbocycles. The monoisotopic (exact) mass is 181 g/mol. The number of nitrogens with zero attached hydrogens (tertiary/aromatic N) is 2. The summed E-state index contributed by atoms with van der Waals surface area (Å²) < 4.78 is 4.62. The van der Waals surface area contributed by atoms with Crippen molar-refractivity contribution in [1.29, 1.82) is 0 Å². The number of hydrogen-bond donors (Lipinski definition) is 1. The van der Waals surface area contributed by atoms with Gasteiger partial charge in [0.2, 0.25) is 0 Å². The summed E-state index contributed by atoms with van der Waals surface area (Å²) in [5.41, 5.74) is 1.83. The SMILES string of the molecule is Cc1nonc1CNC1CCCC1. The maximum absolute atomic E-state index is 4.62. The number of nitrogens with one attached hydrogen (secondary N) is 1. The Bertz CT molecular complexity index is 266. The minimum absolute atomic E-state index is 0.677. The first kappa shape index (κ1) is 8.69. The highest BCUT2D eigenvalue weighted by atomic mass is 16.6. The molecule has 4 heteroatoms. The van der Waals surface area contributed by atoms with Crippen LogP contribution in [0.15, 0.2) is 4.63 Å². The predicted octanol–water partition coefficient (Wildman–Crippen LogP) is 1.41. The molecule has 1 saturated carbocycles. The van der Waals surface area contributed by atoms with E-state index in [4.69, 9.17) is 0 Å². The normalized spacial score (nSPS) is 18.2. The van der Waals surface area contributed by atoms with Crippen molar-refractivity contribution >= 4 is 0 Å². The van der Waals surface area contributed by atoms with Crippen LogP contribution in [0.25, 0.3) is 0 Å². The topological polar surface area (TPSA) is 51.0 Å². The molecule has 1 fully saturated rings. The lowest BCUT2D eigenvalue weighted by molar-refractivity contribution is 0.299. The minimum Gasteiger partial charge on any atom is -0.308 e. The lowest BCUT2D eigenvalue weighted by Crippen LogP contribution is -2.25. The van der Waals surface area contributed by atoms with Crippen LogP contribution >= 0.6 is 0 Å². The van der Waals surface area contributed by atoms with E-state index in [1.165, 1.54) is 25.7 Å². The van der Waals surface area contributed by atoms with Gasteiger partial charge in [-0.05, 0) is 19.8 Å². The highest BCUT2D eigenvalue weighted by Crippen LogP contribution is 2.18. The summed E-state index contributed by atoms with van der Waals surface area (Å²) in [6.07, 6.45) is 5.30. The molecule has 1 heterocycles. The second kappa shape index (κ2) is 3.87. The van der Waals surface area contributed by atoms with E-state index in [1.54, 1.807) is 0 Å². The second-order valence-electron chi connectivity index (χ2n) is 3.66. The molecule has 0 bridgehead atoms. The summed E-state index contributed by atoms with van der Waals surface area (Å²) in [7, 11) is 0. The van der Waals surface area contributed by atoms with Crippen molar-refractivity contribution in [2.75, 3.05) is 0 Å². The van der Waals surface area contributed by atoms with Crippen LogP contribution in [0.5, 0.6) is 0 Å². The van der Waals surface area contributed by atoms with Gasteiger partial charge in [0.1, 0.15) is 11.4 Å². The molecule has 0 atom stereocenters. The summed E-state index contributed by atoms with van der Waals surface area (Å²) in [5, 5.41) is 11.0. The van der Waals surface area contributed by atoms with Crippen molar-refractivity contribution in [3.63, 3.8) is 0 Å². The van der Waals surface area contributed by atoms with Crippen molar-refractivity contribution in [1.82, 2.24) is 15.6 Å². The first-order valence-electron chi connectivity index (χ1n) is 4.87. The third-order valence-electron chi connectivity index (χ3n) is 2.66. The Morgan fingerprint density at radius 3 is 2.77 bits per heavy atom. The van der Waals surface area contributed by atoms with Gasteiger partial charge in [-0.25, -0.2) is 4.63 Å². The predicted molar refractivity (Wildman–Crippen MR) is 48.1 cm³/mol. The van der Waals surface area contributed by atoms with Crippen molar-refractivity contribution in [2.24, 2.45) is 0 Å². The zero-order valence-electron chi connectivity index (χ0n) is 7.92. The van der Waals surface area contributed by atoms with E-state index >= 15 is 0 Å². The first-order chi connectivity index (χ1) is 6.36. The number of hydrogen-bond acceptors (Lipinski definition) is 4. The lowest BCUT2D eigenvalue weighted by Gasteiger charge is -2.09. The largest absolute Gasteiger partial charge is 0.308 e. The molecule has 1 aliphatic carbocycles. The summed E-state index contributed by atoms with van der Waals surface area (Å²) >= 11 is 0. The van der Waals surface area contributed by atoms with Crippen molar-refractivity contribution < 1.29 is 4.63 Å². The average molecular weight is 181 g/mol. The highest BCUT2D eigenvalue weighted by Gasteiger charge is 2.15. The molecule has 0 amide bonds. The molecule has 4 nitrogen and oxygen atoms in total. The van der Waals surface area contributed by atoms with Crippen molar-refractivity contribution in [3.8, 4) is 0 Å². The molecule has 0 saturated heterocycles. The Hall–Kier alpha value is -0.900. The van der Waals surface area contributed by atoms with Gasteiger partial charge >= 0.3 is 0 Å². The van der Waals surface area contributed by atoms with Crippen LogP contribution in [0.3, 0.4) is 0 Å². The molecular weight excluding hydrogens is 166 g/mol. The Kier molecular flexibility index (Phi) is 2.59. The maximum Gasteiger partial charge on any atom is 0.121 e. The molecule has 1 aromatic heterocycles. The fourth-order valence-corrected chi connectivity index (χ4v) is 1.78. The Balaban J connectivity index is 1.82. The van der Waals surface area contributed by atoms with E-state index in [0.29, 0.717) is 6.04 Å². The van der Waals surface area contributed by atoms with Crippen LogP contribution in [-0.4, -0.2) is 16.4 Å². The molecule has 0 unspecified atom stereocenters. The van der Waals surface area contributed by atoms with Gasteiger partial charge in [-0.3, -0.25) is 0 Å². The number of aryl methyl sites for hydroxylation is 1. The quantitative estimate of drug-likeness (QED) is 0.766. The molecular formula is C9H15N3O. The molecule has 0 spiro atoms. The molecule has 13 heavy (non-hydrogen) atoms. The molecule has 1 N–H and O–H groups in total. The van der Waals surface area contributed by atoms with Crippen LogP contribution in [0.4, 0.5) is 0 Å². The Morgan fingerprint density at radius 2 is 2.15 bits per heavy atom. The number of aromatic nitrogens is 2. The van der Waals surface area contributed by atoms with Gasteiger partial charge in [-0.1, -0.05) is 23.2 Å². The molecule has 2 rings (SSSR count). The van der Waals surface area contributed by atoms with E-state index < -0.39 is 0 Å². The smallest absolute Gasteiger partial charge is 0.121 e. The van der Waals surface area contributed by atoms with Gasteiger partial charge in [0, 0.05) is 12.6 Å². The van der Waals surface area contributed by atoms with E-state index in [9.17, 15) is 0 Å².